The van der Waals surface area contributed by atoms with Crippen LogP contribution >= 0.6 is 11.6 Å². The van der Waals surface area contributed by atoms with Gasteiger partial charge in [0, 0.05) is 5.69 Å². The largest absolute Gasteiger partial charge is 0.471 e. The highest BCUT2D eigenvalue weighted by atomic mass is 35.5. The summed E-state index contributed by atoms with van der Waals surface area (Å²) in [6.07, 6.45) is -4.13. The van der Waals surface area contributed by atoms with Crippen molar-refractivity contribution in [3.05, 3.63) is 23.2 Å². The van der Waals surface area contributed by atoms with Crippen LogP contribution in [-0.4, -0.2) is 26.8 Å². The third-order valence-corrected chi connectivity index (χ3v) is 2.68. The van der Waals surface area contributed by atoms with Gasteiger partial charge in [0.05, 0.1) is 17.0 Å². The van der Waals surface area contributed by atoms with Crippen LogP contribution in [0.3, 0.4) is 0 Å². The van der Waals surface area contributed by atoms with Crippen LogP contribution in [0, 0.1) is 0 Å². The number of halogens is 4. The van der Waals surface area contributed by atoms with Crippen LogP contribution in [0.1, 0.15) is 0 Å². The van der Waals surface area contributed by atoms with Crippen molar-refractivity contribution < 1.29 is 26.4 Å². The second-order valence-corrected chi connectivity index (χ2v) is 5.68. The van der Waals surface area contributed by atoms with E-state index in [1.54, 1.807) is 5.32 Å². The predicted octanol–water partition coefficient (Wildman–Crippen LogP) is 2.21. The van der Waals surface area contributed by atoms with Crippen molar-refractivity contribution >= 4 is 38.9 Å². The molecule has 0 saturated carbocycles. The van der Waals surface area contributed by atoms with Gasteiger partial charge in [-0.1, -0.05) is 11.6 Å². The topological polar surface area (TPSA) is 75.3 Å². The molecule has 0 spiro atoms. The highest BCUT2D eigenvalue weighted by Gasteiger charge is 2.38. The quantitative estimate of drug-likeness (QED) is 0.897. The van der Waals surface area contributed by atoms with E-state index >= 15 is 0 Å². The molecule has 106 valence electrons. The van der Waals surface area contributed by atoms with E-state index in [0.717, 1.165) is 24.5 Å². The average Bonchev–Trinajstić information content (AvgIpc) is 2.19. The van der Waals surface area contributed by atoms with Crippen LogP contribution in [0.15, 0.2) is 18.2 Å². The number of nitrogens with one attached hydrogen (secondary N) is 2. The van der Waals surface area contributed by atoms with Gasteiger partial charge in [0.25, 0.3) is 0 Å². The first-order valence-corrected chi connectivity index (χ1v) is 6.91. The van der Waals surface area contributed by atoms with Crippen LogP contribution < -0.4 is 10.0 Å². The zero-order valence-corrected chi connectivity index (χ0v) is 10.9. The van der Waals surface area contributed by atoms with E-state index in [1.807, 2.05) is 0 Å². The van der Waals surface area contributed by atoms with E-state index in [-0.39, 0.29) is 16.4 Å². The Balaban J connectivity index is 2.92. The average molecular weight is 317 g/mol. The van der Waals surface area contributed by atoms with Crippen LogP contribution in [-0.2, 0) is 14.8 Å². The highest BCUT2D eigenvalue weighted by molar-refractivity contribution is 7.92. The second kappa shape index (κ2) is 5.25. The molecule has 19 heavy (non-hydrogen) atoms. The van der Waals surface area contributed by atoms with Crippen LogP contribution in [0.25, 0.3) is 0 Å². The third-order valence-electron chi connectivity index (χ3n) is 1.78. The lowest BCUT2D eigenvalue weighted by molar-refractivity contribution is -0.167. The van der Waals surface area contributed by atoms with Gasteiger partial charge in [-0.2, -0.15) is 13.2 Å². The number of rotatable bonds is 3. The van der Waals surface area contributed by atoms with Crippen molar-refractivity contribution in [2.75, 3.05) is 16.3 Å². The fourth-order valence-electron chi connectivity index (χ4n) is 1.08. The van der Waals surface area contributed by atoms with E-state index in [4.69, 9.17) is 11.6 Å². The van der Waals surface area contributed by atoms with E-state index < -0.39 is 22.1 Å². The van der Waals surface area contributed by atoms with Crippen LogP contribution in [0.2, 0.25) is 5.02 Å². The number of hydrogen-bond acceptors (Lipinski definition) is 3. The molecule has 10 heteroatoms. The summed E-state index contributed by atoms with van der Waals surface area (Å²) in [6, 6.07) is 3.22. The minimum absolute atomic E-state index is 0.00539. The molecule has 0 bridgehead atoms. The van der Waals surface area contributed by atoms with Crippen LogP contribution in [0.4, 0.5) is 24.5 Å². The monoisotopic (exact) mass is 316 g/mol. The lowest BCUT2D eigenvalue weighted by atomic mass is 10.3. The fourth-order valence-corrected chi connectivity index (χ4v) is 1.94. The lowest BCUT2D eigenvalue weighted by Gasteiger charge is -2.10. The molecular formula is C9H8ClF3N2O3S. The highest BCUT2D eigenvalue weighted by Crippen LogP contribution is 2.27. The predicted molar refractivity (Wildman–Crippen MR) is 64.6 cm³/mol. The first-order chi connectivity index (χ1) is 8.49. The molecular weight excluding hydrogens is 309 g/mol. The number of sulfonamides is 1. The summed E-state index contributed by atoms with van der Waals surface area (Å²) in [5.74, 6) is -2.15. The Kier molecular flexibility index (Phi) is 4.31. The first kappa shape index (κ1) is 15.6. The number of hydrogen-bond donors (Lipinski definition) is 2. The van der Waals surface area contributed by atoms with Gasteiger partial charge >= 0.3 is 12.1 Å². The Bertz CT molecular complexity index is 601. The van der Waals surface area contributed by atoms with Crippen molar-refractivity contribution in [3.8, 4) is 0 Å². The van der Waals surface area contributed by atoms with Crippen molar-refractivity contribution in [1.29, 1.82) is 0 Å². The summed E-state index contributed by atoms with van der Waals surface area (Å²) < 4.78 is 60.0. The number of benzene rings is 1. The van der Waals surface area contributed by atoms with Gasteiger partial charge in [0.15, 0.2) is 0 Å². The maximum absolute atomic E-state index is 12.0. The summed E-state index contributed by atoms with van der Waals surface area (Å²) in [6.45, 7) is 0. The van der Waals surface area contributed by atoms with E-state index in [2.05, 4.69) is 4.72 Å². The van der Waals surface area contributed by atoms with Crippen LogP contribution in [0.5, 0.6) is 0 Å². The van der Waals surface area contributed by atoms with Gasteiger partial charge in [0.1, 0.15) is 0 Å². The van der Waals surface area contributed by atoms with Gasteiger partial charge in [-0.05, 0) is 18.2 Å². The fraction of sp³-hybridized carbons (Fsp3) is 0.222. The van der Waals surface area contributed by atoms with Gasteiger partial charge in [0.2, 0.25) is 10.0 Å². The Morgan fingerprint density at radius 3 is 2.32 bits per heavy atom. The van der Waals surface area contributed by atoms with Gasteiger partial charge < -0.3 is 5.32 Å². The molecule has 0 saturated heterocycles. The first-order valence-electron chi connectivity index (χ1n) is 4.64. The molecule has 0 atom stereocenters. The maximum atomic E-state index is 12.0. The number of anilines is 2. The Morgan fingerprint density at radius 1 is 1.32 bits per heavy atom. The van der Waals surface area contributed by atoms with Crippen molar-refractivity contribution in [2.45, 2.75) is 6.18 Å². The van der Waals surface area contributed by atoms with E-state index in [0.29, 0.717) is 0 Å². The Labute approximate surface area is 111 Å². The second-order valence-electron chi connectivity index (χ2n) is 3.52. The zero-order chi connectivity index (χ0) is 14.8. The minimum atomic E-state index is -5.02. The van der Waals surface area contributed by atoms with Crippen molar-refractivity contribution in [3.63, 3.8) is 0 Å². The zero-order valence-electron chi connectivity index (χ0n) is 9.38. The summed E-state index contributed by atoms with van der Waals surface area (Å²) in [5, 5.41) is 1.44. The smallest absolute Gasteiger partial charge is 0.318 e. The van der Waals surface area contributed by atoms with E-state index in [9.17, 15) is 26.4 Å². The molecule has 0 unspecified atom stereocenters. The van der Waals surface area contributed by atoms with Crippen molar-refractivity contribution in [2.24, 2.45) is 0 Å². The normalized spacial score (nSPS) is 12.1. The molecule has 1 rings (SSSR count). The number of alkyl halides is 3. The summed E-state index contributed by atoms with van der Waals surface area (Å²) in [5.41, 5.74) is -0.208. The molecule has 1 aromatic rings. The molecule has 1 amide bonds. The van der Waals surface area contributed by atoms with Gasteiger partial charge in [-0.3, -0.25) is 9.52 Å². The number of carbonyl (C=O) groups excluding carboxylic acids is 1. The molecule has 5 nitrogen and oxygen atoms in total. The number of amides is 1. The molecule has 0 heterocycles. The molecule has 0 radical (unpaired) electrons. The molecule has 0 aromatic heterocycles. The lowest BCUT2D eigenvalue weighted by Crippen LogP contribution is -2.29. The summed E-state index contributed by atoms with van der Waals surface area (Å²) in [4.78, 5) is 10.7. The van der Waals surface area contributed by atoms with Crippen molar-refractivity contribution in [1.82, 2.24) is 0 Å². The summed E-state index contributed by atoms with van der Waals surface area (Å²) in [7, 11) is -3.56. The molecule has 0 fully saturated rings. The molecule has 0 aliphatic carbocycles. The van der Waals surface area contributed by atoms with E-state index in [1.165, 1.54) is 0 Å². The molecule has 0 aliphatic heterocycles. The molecule has 2 N–H and O–H groups in total. The minimum Gasteiger partial charge on any atom is -0.318 e. The molecule has 1 aromatic carbocycles. The number of carbonyl (C=O) groups is 1. The van der Waals surface area contributed by atoms with Gasteiger partial charge in [-0.15, -0.1) is 0 Å². The Hall–Kier alpha value is -1.48. The SMILES string of the molecule is CS(=O)(=O)Nc1ccc(NC(=O)C(F)(F)F)cc1Cl. The molecule has 0 aliphatic rings. The van der Waals surface area contributed by atoms with Gasteiger partial charge in [-0.25, -0.2) is 8.42 Å². The standard InChI is InChI=1S/C9H8ClF3N2O3S/c1-19(17,18)15-7-3-2-5(4-6(7)10)14-8(16)9(11,12)13/h2-4,15H,1H3,(H,14,16). The summed E-state index contributed by atoms with van der Waals surface area (Å²) >= 11 is 5.67. The maximum Gasteiger partial charge on any atom is 0.471 e. The third kappa shape index (κ3) is 4.95. The Morgan fingerprint density at radius 2 is 1.89 bits per heavy atom.